The zero-order chi connectivity index (χ0) is 23.4. The van der Waals surface area contributed by atoms with Gasteiger partial charge in [0.25, 0.3) is 0 Å². The van der Waals surface area contributed by atoms with Crippen LogP contribution in [0.5, 0.6) is 11.5 Å². The smallest absolute Gasteiger partial charge is 0.196 e. The summed E-state index contributed by atoms with van der Waals surface area (Å²) in [5.74, 6) is 2.47. The number of Topliss-reactive ketones (excluding diaryl/α,β-unsaturated/α-hetero) is 1. The molecule has 33 heavy (non-hydrogen) atoms. The van der Waals surface area contributed by atoms with E-state index in [9.17, 15) is 4.79 Å². The van der Waals surface area contributed by atoms with Crippen molar-refractivity contribution in [1.82, 2.24) is 19.3 Å². The van der Waals surface area contributed by atoms with Gasteiger partial charge in [-0.25, -0.2) is 0 Å². The van der Waals surface area contributed by atoms with Crippen molar-refractivity contribution in [1.29, 1.82) is 0 Å². The van der Waals surface area contributed by atoms with Crippen LogP contribution in [0.3, 0.4) is 0 Å². The highest BCUT2D eigenvalue weighted by Gasteiger charge is 2.19. The van der Waals surface area contributed by atoms with Gasteiger partial charge in [0.05, 0.1) is 12.9 Å². The minimum atomic E-state index is 0.0693. The highest BCUT2D eigenvalue weighted by atomic mass is 32.2. The van der Waals surface area contributed by atoms with Gasteiger partial charge in [-0.05, 0) is 56.3 Å². The molecule has 7 nitrogen and oxygen atoms in total. The molecule has 2 aromatic heterocycles. The maximum absolute atomic E-state index is 12.9. The van der Waals surface area contributed by atoms with Gasteiger partial charge in [-0.15, -0.1) is 10.2 Å². The molecular formula is C25H26N4O3S. The molecule has 0 spiro atoms. The van der Waals surface area contributed by atoms with Crippen LogP contribution < -0.4 is 9.47 Å². The van der Waals surface area contributed by atoms with Gasteiger partial charge in [0.15, 0.2) is 16.8 Å². The van der Waals surface area contributed by atoms with Crippen molar-refractivity contribution in [3.8, 4) is 17.2 Å². The minimum Gasteiger partial charge on any atom is -0.497 e. The molecule has 0 unspecified atom stereocenters. The minimum absolute atomic E-state index is 0.0693. The lowest BCUT2D eigenvalue weighted by atomic mass is 10.2. The van der Waals surface area contributed by atoms with E-state index in [-0.39, 0.29) is 18.1 Å². The first-order chi connectivity index (χ1) is 16.0. The fourth-order valence-electron chi connectivity index (χ4n) is 3.49. The molecule has 0 aliphatic carbocycles. The molecule has 4 aromatic rings. The van der Waals surface area contributed by atoms with E-state index in [0.29, 0.717) is 16.7 Å². The number of para-hydroxylation sites is 1. The molecule has 0 N–H and O–H groups in total. The van der Waals surface area contributed by atoms with Gasteiger partial charge in [-0.1, -0.05) is 30.0 Å². The maximum atomic E-state index is 12.9. The number of rotatable bonds is 9. The predicted octanol–water partition coefficient (Wildman–Crippen LogP) is 4.79. The highest BCUT2D eigenvalue weighted by Crippen LogP contribution is 2.25. The van der Waals surface area contributed by atoms with Crippen molar-refractivity contribution in [2.45, 2.75) is 25.6 Å². The quantitative estimate of drug-likeness (QED) is 0.263. The summed E-state index contributed by atoms with van der Waals surface area (Å²) >= 11 is 1.37. The van der Waals surface area contributed by atoms with Crippen LogP contribution in [-0.4, -0.2) is 38.0 Å². The average molecular weight is 463 g/mol. The SMILES string of the molecule is COc1ccc(OCc2nnc(SCC(=O)c3cc(C)n(C)c3C)n2-c2ccccc2)cc1. The van der Waals surface area contributed by atoms with Crippen LogP contribution in [0.25, 0.3) is 5.69 Å². The molecule has 0 fully saturated rings. The largest absolute Gasteiger partial charge is 0.497 e. The maximum Gasteiger partial charge on any atom is 0.196 e. The van der Waals surface area contributed by atoms with E-state index in [1.54, 1.807) is 7.11 Å². The number of carbonyl (C=O) groups excluding carboxylic acids is 1. The van der Waals surface area contributed by atoms with Crippen LogP contribution in [0.2, 0.25) is 0 Å². The third kappa shape index (κ3) is 4.96. The van der Waals surface area contributed by atoms with Gasteiger partial charge in [0.2, 0.25) is 0 Å². The van der Waals surface area contributed by atoms with E-state index in [1.165, 1.54) is 11.8 Å². The Bertz CT molecular complexity index is 1250. The Morgan fingerprint density at radius 1 is 1.00 bits per heavy atom. The monoisotopic (exact) mass is 462 g/mol. The molecule has 0 amide bonds. The molecule has 4 rings (SSSR count). The third-order valence-electron chi connectivity index (χ3n) is 5.55. The number of aromatic nitrogens is 4. The number of ether oxygens (including phenoxy) is 2. The van der Waals surface area contributed by atoms with E-state index in [1.807, 2.05) is 90.7 Å². The number of hydrogen-bond acceptors (Lipinski definition) is 6. The molecule has 0 bridgehead atoms. The number of ketones is 1. The fraction of sp³-hybridized carbons (Fsp3) is 0.240. The number of aryl methyl sites for hydroxylation is 1. The van der Waals surface area contributed by atoms with Crippen LogP contribution in [-0.2, 0) is 13.7 Å². The number of thioether (sulfide) groups is 1. The molecule has 2 aromatic carbocycles. The van der Waals surface area contributed by atoms with Crippen LogP contribution in [0.15, 0.2) is 65.8 Å². The van der Waals surface area contributed by atoms with E-state index in [4.69, 9.17) is 9.47 Å². The summed E-state index contributed by atoms with van der Waals surface area (Å²) in [6.45, 7) is 4.20. The lowest BCUT2D eigenvalue weighted by Gasteiger charge is -2.11. The summed E-state index contributed by atoms with van der Waals surface area (Å²) in [5, 5.41) is 9.36. The van der Waals surface area contributed by atoms with Gasteiger partial charge < -0.3 is 14.0 Å². The zero-order valence-electron chi connectivity index (χ0n) is 19.1. The van der Waals surface area contributed by atoms with Gasteiger partial charge >= 0.3 is 0 Å². The van der Waals surface area contributed by atoms with Crippen molar-refractivity contribution in [2.75, 3.05) is 12.9 Å². The van der Waals surface area contributed by atoms with Gasteiger partial charge in [0, 0.05) is 29.7 Å². The summed E-state index contributed by atoms with van der Waals surface area (Å²) in [7, 11) is 3.60. The van der Waals surface area contributed by atoms with Crippen LogP contribution in [0, 0.1) is 13.8 Å². The predicted molar refractivity (Wildman–Crippen MR) is 129 cm³/mol. The number of nitrogens with zero attached hydrogens (tertiary/aromatic N) is 4. The molecule has 0 aliphatic rings. The Hall–Kier alpha value is -3.52. The lowest BCUT2D eigenvalue weighted by Crippen LogP contribution is -2.08. The molecule has 170 valence electrons. The van der Waals surface area contributed by atoms with Crippen LogP contribution >= 0.6 is 11.8 Å². The van der Waals surface area contributed by atoms with E-state index < -0.39 is 0 Å². The lowest BCUT2D eigenvalue weighted by molar-refractivity contribution is 0.102. The Labute approximate surface area is 197 Å². The van der Waals surface area contributed by atoms with Gasteiger partial charge in [0.1, 0.15) is 18.1 Å². The standard InChI is InChI=1S/C25H26N4O3S/c1-17-14-22(18(2)28(17)3)23(30)16-33-25-27-26-24(29(25)19-8-6-5-7-9-19)15-32-21-12-10-20(31-4)11-13-21/h5-14H,15-16H2,1-4H3. The van der Waals surface area contributed by atoms with E-state index in [2.05, 4.69) is 10.2 Å². The second-order valence-corrected chi connectivity index (χ2v) is 8.53. The topological polar surface area (TPSA) is 71.2 Å². The molecule has 0 saturated carbocycles. The Morgan fingerprint density at radius 3 is 2.33 bits per heavy atom. The second kappa shape index (κ2) is 9.95. The highest BCUT2D eigenvalue weighted by molar-refractivity contribution is 7.99. The third-order valence-corrected chi connectivity index (χ3v) is 6.48. The number of benzene rings is 2. The number of methoxy groups -OCH3 is 1. The molecule has 8 heteroatoms. The number of carbonyl (C=O) groups is 1. The van der Waals surface area contributed by atoms with Gasteiger partial charge in [-0.2, -0.15) is 0 Å². The summed E-state index contributed by atoms with van der Waals surface area (Å²) in [4.78, 5) is 12.9. The van der Waals surface area contributed by atoms with Gasteiger partial charge in [-0.3, -0.25) is 9.36 Å². The van der Waals surface area contributed by atoms with Crippen molar-refractivity contribution < 1.29 is 14.3 Å². The average Bonchev–Trinajstić information content (AvgIpc) is 3.37. The molecule has 0 saturated heterocycles. The van der Waals surface area contributed by atoms with Crippen LogP contribution in [0.1, 0.15) is 27.6 Å². The van der Waals surface area contributed by atoms with E-state index in [0.717, 1.165) is 28.4 Å². The summed E-state index contributed by atoms with van der Waals surface area (Å²) in [5.41, 5.74) is 3.69. The summed E-state index contributed by atoms with van der Waals surface area (Å²) < 4.78 is 15.1. The normalized spacial score (nSPS) is 10.9. The molecule has 2 heterocycles. The molecule has 0 aliphatic heterocycles. The summed E-state index contributed by atoms with van der Waals surface area (Å²) in [6, 6.07) is 19.2. The first-order valence-corrected chi connectivity index (χ1v) is 11.5. The van der Waals surface area contributed by atoms with Crippen molar-refractivity contribution >= 4 is 17.5 Å². The fourth-order valence-corrected chi connectivity index (χ4v) is 4.34. The first kappa shape index (κ1) is 22.7. The Morgan fingerprint density at radius 2 is 1.70 bits per heavy atom. The number of hydrogen-bond donors (Lipinski definition) is 0. The molecule has 0 atom stereocenters. The zero-order valence-corrected chi connectivity index (χ0v) is 19.9. The van der Waals surface area contributed by atoms with Crippen LogP contribution in [0.4, 0.5) is 0 Å². The first-order valence-electron chi connectivity index (χ1n) is 10.5. The molecular weight excluding hydrogens is 436 g/mol. The van der Waals surface area contributed by atoms with Crippen molar-refractivity contribution in [3.63, 3.8) is 0 Å². The second-order valence-electron chi connectivity index (χ2n) is 7.59. The Kier molecular flexibility index (Phi) is 6.84. The van der Waals surface area contributed by atoms with E-state index >= 15 is 0 Å². The molecule has 0 radical (unpaired) electrons. The Balaban J connectivity index is 1.54. The summed E-state index contributed by atoms with van der Waals surface area (Å²) in [6.07, 6.45) is 0. The van der Waals surface area contributed by atoms with Crippen molar-refractivity contribution in [3.05, 3.63) is 83.4 Å². The van der Waals surface area contributed by atoms with Crippen molar-refractivity contribution in [2.24, 2.45) is 7.05 Å².